The van der Waals surface area contributed by atoms with Crippen LogP contribution in [0.2, 0.25) is 0 Å². The maximum atomic E-state index is 9.18. The highest BCUT2D eigenvalue weighted by Crippen LogP contribution is 2.39. The highest BCUT2D eigenvalue weighted by Gasteiger charge is 2.22. The van der Waals surface area contributed by atoms with Crippen LogP contribution in [0.4, 0.5) is 0 Å². The highest BCUT2D eigenvalue weighted by molar-refractivity contribution is 5.36. The fourth-order valence-electron chi connectivity index (χ4n) is 1.08. The molecule has 0 radical (unpaired) electrons. The quantitative estimate of drug-likeness (QED) is 0.725. The Hall–Kier alpha value is -1.25. The van der Waals surface area contributed by atoms with Crippen LogP contribution < -0.4 is 0 Å². The van der Waals surface area contributed by atoms with Gasteiger partial charge >= 0.3 is 0 Å². The van der Waals surface area contributed by atoms with Crippen LogP contribution in [0, 0.1) is 0 Å². The molecule has 1 aliphatic rings. The summed E-state index contributed by atoms with van der Waals surface area (Å²) in [6.45, 7) is 2.66. The third kappa shape index (κ3) is 3.78. The van der Waals surface area contributed by atoms with E-state index in [0.29, 0.717) is 13.1 Å². The largest absolute Gasteiger partial charge is 0.468 e. The number of hydrogen-bond acceptors (Lipinski definition) is 2. The van der Waals surface area contributed by atoms with Crippen LogP contribution in [0.25, 0.3) is 0 Å². The lowest BCUT2D eigenvalue weighted by Gasteiger charge is -1.82. The molecule has 1 aromatic rings. The minimum absolute atomic E-state index is 0.431. The van der Waals surface area contributed by atoms with Gasteiger partial charge in [0.2, 0.25) is 0 Å². The van der Waals surface area contributed by atoms with Gasteiger partial charge in [-0.2, -0.15) is 0 Å². The predicted molar refractivity (Wildman–Crippen MR) is 50.5 cm³/mol. The summed E-state index contributed by atoms with van der Waals surface area (Å²) in [5.41, 5.74) is 1.49. The van der Waals surface area contributed by atoms with Gasteiger partial charge < -0.3 is 9.72 Å². The van der Waals surface area contributed by atoms with Gasteiger partial charge in [-0.1, -0.05) is 0 Å². The molecule has 1 saturated carbocycles. The van der Waals surface area contributed by atoms with E-state index in [-0.39, 0.29) is 0 Å². The summed E-state index contributed by atoms with van der Waals surface area (Å²) < 4.78 is 4.15. The standard InChI is InChI=1S/C7H9N.C3H6O2/c1-2-6(1)7-3-4-8-5-7;1-2-5-3-4/h3-6,8H,1-2H2;3H,2H2,1H3. The zero-order chi connectivity index (χ0) is 9.52. The number of carbonyl (C=O) groups excluding carboxylic acids is 1. The number of ether oxygens (including phenoxy) is 1. The summed E-state index contributed by atoms with van der Waals surface area (Å²) in [7, 11) is 0. The summed E-state index contributed by atoms with van der Waals surface area (Å²) in [6, 6.07) is 2.16. The molecule has 0 aromatic carbocycles. The van der Waals surface area contributed by atoms with Crippen molar-refractivity contribution >= 4 is 6.47 Å². The Kier molecular flexibility index (Phi) is 4.09. The van der Waals surface area contributed by atoms with E-state index < -0.39 is 0 Å². The predicted octanol–water partition coefficient (Wildman–Crippen LogP) is 2.07. The van der Waals surface area contributed by atoms with Crippen molar-refractivity contribution in [2.45, 2.75) is 25.7 Å². The molecule has 0 atom stereocenters. The Bertz CT molecular complexity index is 227. The van der Waals surface area contributed by atoms with Crippen molar-refractivity contribution in [3.8, 4) is 0 Å². The SMILES string of the molecule is CCOC=O.c1cc(C2CC2)c[nH]1. The second kappa shape index (κ2) is 5.41. The molecule has 1 N–H and O–H groups in total. The molecule has 1 fully saturated rings. The summed E-state index contributed by atoms with van der Waals surface area (Å²) in [4.78, 5) is 12.2. The minimum Gasteiger partial charge on any atom is -0.468 e. The Labute approximate surface area is 78.1 Å². The lowest BCUT2D eigenvalue weighted by molar-refractivity contribution is -0.128. The van der Waals surface area contributed by atoms with E-state index in [1.165, 1.54) is 18.4 Å². The molecule has 2 rings (SSSR count). The van der Waals surface area contributed by atoms with Crippen molar-refractivity contribution in [2.75, 3.05) is 6.61 Å². The topological polar surface area (TPSA) is 42.1 Å². The maximum absolute atomic E-state index is 9.18. The zero-order valence-electron chi connectivity index (χ0n) is 7.82. The van der Waals surface area contributed by atoms with Gasteiger partial charge in [-0.3, -0.25) is 4.79 Å². The number of carbonyl (C=O) groups is 1. The monoisotopic (exact) mass is 181 g/mol. The van der Waals surface area contributed by atoms with Crippen LogP contribution in [-0.4, -0.2) is 18.1 Å². The number of aromatic amines is 1. The third-order valence-corrected chi connectivity index (χ3v) is 1.91. The molecular formula is C10H15NO2. The number of H-pyrrole nitrogens is 1. The van der Waals surface area contributed by atoms with Crippen LogP contribution in [0.1, 0.15) is 31.2 Å². The first kappa shape index (κ1) is 9.84. The van der Waals surface area contributed by atoms with Crippen molar-refractivity contribution in [3.05, 3.63) is 24.0 Å². The van der Waals surface area contributed by atoms with Crippen molar-refractivity contribution in [2.24, 2.45) is 0 Å². The number of hydrogen-bond donors (Lipinski definition) is 1. The lowest BCUT2D eigenvalue weighted by atomic mass is 10.2. The van der Waals surface area contributed by atoms with Gasteiger partial charge in [0.15, 0.2) is 0 Å². The normalized spacial score (nSPS) is 14.2. The molecule has 1 aromatic heterocycles. The van der Waals surface area contributed by atoms with Crippen LogP contribution in [0.3, 0.4) is 0 Å². The lowest BCUT2D eigenvalue weighted by Crippen LogP contribution is -1.80. The van der Waals surface area contributed by atoms with Crippen molar-refractivity contribution < 1.29 is 9.53 Å². The first-order valence-corrected chi connectivity index (χ1v) is 4.56. The van der Waals surface area contributed by atoms with Crippen LogP contribution in [0.15, 0.2) is 18.5 Å². The van der Waals surface area contributed by atoms with Crippen LogP contribution in [-0.2, 0) is 9.53 Å². The van der Waals surface area contributed by atoms with E-state index in [1.807, 2.05) is 6.20 Å². The Balaban J connectivity index is 0.000000149. The second-order valence-electron chi connectivity index (χ2n) is 2.97. The van der Waals surface area contributed by atoms with Crippen LogP contribution in [0.5, 0.6) is 0 Å². The molecule has 0 amide bonds. The molecule has 72 valence electrons. The second-order valence-corrected chi connectivity index (χ2v) is 2.97. The first-order chi connectivity index (χ1) is 6.38. The van der Waals surface area contributed by atoms with E-state index in [1.54, 1.807) is 6.92 Å². The van der Waals surface area contributed by atoms with E-state index in [4.69, 9.17) is 0 Å². The van der Waals surface area contributed by atoms with Gasteiger partial charge in [0.1, 0.15) is 0 Å². The molecule has 13 heavy (non-hydrogen) atoms. The average molecular weight is 181 g/mol. The summed E-state index contributed by atoms with van der Waals surface area (Å²) in [5.74, 6) is 0.904. The Morgan fingerprint density at radius 3 is 2.77 bits per heavy atom. The first-order valence-electron chi connectivity index (χ1n) is 4.56. The average Bonchev–Trinajstić information content (AvgIpc) is 2.85. The van der Waals surface area contributed by atoms with E-state index >= 15 is 0 Å². The minimum atomic E-state index is 0.431. The van der Waals surface area contributed by atoms with E-state index in [9.17, 15) is 4.79 Å². The fraction of sp³-hybridized carbons (Fsp3) is 0.500. The molecule has 1 heterocycles. The summed E-state index contributed by atoms with van der Waals surface area (Å²) in [5, 5.41) is 0. The molecule has 3 nitrogen and oxygen atoms in total. The van der Waals surface area contributed by atoms with Gasteiger partial charge in [-0.15, -0.1) is 0 Å². The smallest absolute Gasteiger partial charge is 0.293 e. The van der Waals surface area contributed by atoms with Gasteiger partial charge in [0, 0.05) is 12.4 Å². The molecule has 0 spiro atoms. The van der Waals surface area contributed by atoms with Crippen molar-refractivity contribution in [1.29, 1.82) is 0 Å². The molecule has 0 bridgehead atoms. The molecule has 3 heteroatoms. The summed E-state index contributed by atoms with van der Waals surface area (Å²) in [6.07, 6.45) is 6.89. The molecular weight excluding hydrogens is 166 g/mol. The number of rotatable bonds is 3. The van der Waals surface area contributed by atoms with E-state index in [2.05, 4.69) is 22.0 Å². The van der Waals surface area contributed by atoms with Crippen molar-refractivity contribution in [1.82, 2.24) is 4.98 Å². The fourth-order valence-corrected chi connectivity index (χ4v) is 1.08. The number of aromatic nitrogens is 1. The van der Waals surface area contributed by atoms with Gasteiger partial charge in [-0.25, -0.2) is 0 Å². The van der Waals surface area contributed by atoms with Gasteiger partial charge in [0.05, 0.1) is 6.61 Å². The van der Waals surface area contributed by atoms with Crippen molar-refractivity contribution in [3.63, 3.8) is 0 Å². The Morgan fingerprint density at radius 1 is 1.69 bits per heavy atom. The molecule has 0 aliphatic heterocycles. The van der Waals surface area contributed by atoms with Crippen LogP contribution >= 0.6 is 0 Å². The summed E-state index contributed by atoms with van der Waals surface area (Å²) >= 11 is 0. The van der Waals surface area contributed by atoms with E-state index in [0.717, 1.165) is 5.92 Å². The van der Waals surface area contributed by atoms with Gasteiger partial charge in [0.25, 0.3) is 6.47 Å². The zero-order valence-corrected chi connectivity index (χ0v) is 7.82. The molecule has 1 aliphatic carbocycles. The molecule has 0 unspecified atom stereocenters. The number of nitrogens with one attached hydrogen (secondary N) is 1. The third-order valence-electron chi connectivity index (χ3n) is 1.91. The molecule has 0 saturated heterocycles. The van der Waals surface area contributed by atoms with Gasteiger partial charge in [-0.05, 0) is 37.3 Å². The maximum Gasteiger partial charge on any atom is 0.293 e. The Morgan fingerprint density at radius 2 is 2.46 bits per heavy atom. The highest BCUT2D eigenvalue weighted by atomic mass is 16.5.